The molecule has 28 heavy (non-hydrogen) atoms. The lowest BCUT2D eigenvalue weighted by Gasteiger charge is -2.34. The molecule has 0 bridgehead atoms. The standard InChI is InChI=1S/C22H27N3O3/c1-24(2)13-17-11-7-8-12-18(17)14-25(3)22(27)21-20(23-19(26)15-28-21)16-9-5-4-6-10-16/h4-12,20-21H,13-15H2,1-3H3,(H,23,26)/t20-,21+/m1/s1. The third-order valence-electron chi connectivity index (χ3n) is 4.80. The first-order valence-corrected chi connectivity index (χ1v) is 9.38. The van der Waals surface area contributed by atoms with Crippen molar-refractivity contribution in [2.75, 3.05) is 27.7 Å². The number of amides is 2. The van der Waals surface area contributed by atoms with E-state index in [4.69, 9.17) is 4.74 Å². The van der Waals surface area contributed by atoms with E-state index in [-0.39, 0.29) is 18.4 Å². The monoisotopic (exact) mass is 381 g/mol. The molecular weight excluding hydrogens is 354 g/mol. The number of hydrogen-bond donors (Lipinski definition) is 1. The molecule has 0 aromatic heterocycles. The molecular formula is C22H27N3O3. The largest absolute Gasteiger partial charge is 0.356 e. The normalized spacial score (nSPS) is 19.4. The summed E-state index contributed by atoms with van der Waals surface area (Å²) in [7, 11) is 5.82. The predicted octanol–water partition coefficient (Wildman–Crippen LogP) is 1.96. The Kier molecular flexibility index (Phi) is 6.44. The van der Waals surface area contributed by atoms with Crippen molar-refractivity contribution in [2.24, 2.45) is 0 Å². The van der Waals surface area contributed by atoms with E-state index in [0.717, 1.165) is 17.7 Å². The lowest BCUT2D eigenvalue weighted by molar-refractivity contribution is -0.154. The van der Waals surface area contributed by atoms with E-state index in [1.807, 2.05) is 62.6 Å². The van der Waals surface area contributed by atoms with E-state index in [1.54, 1.807) is 11.9 Å². The van der Waals surface area contributed by atoms with Crippen LogP contribution in [0.1, 0.15) is 22.7 Å². The van der Waals surface area contributed by atoms with Crippen LogP contribution in [0, 0.1) is 0 Å². The quantitative estimate of drug-likeness (QED) is 0.831. The molecule has 1 aliphatic rings. The van der Waals surface area contributed by atoms with E-state index in [1.165, 1.54) is 5.56 Å². The molecule has 2 aromatic rings. The van der Waals surface area contributed by atoms with Gasteiger partial charge in [-0.2, -0.15) is 0 Å². The number of carbonyl (C=O) groups is 2. The van der Waals surface area contributed by atoms with Crippen molar-refractivity contribution in [2.45, 2.75) is 25.2 Å². The minimum absolute atomic E-state index is 0.106. The Morgan fingerprint density at radius 1 is 1.00 bits per heavy atom. The molecule has 148 valence electrons. The van der Waals surface area contributed by atoms with Crippen molar-refractivity contribution in [3.63, 3.8) is 0 Å². The second kappa shape index (κ2) is 8.99. The highest BCUT2D eigenvalue weighted by Gasteiger charge is 2.37. The number of benzene rings is 2. The second-order valence-electron chi connectivity index (χ2n) is 7.39. The Bertz CT molecular complexity index is 823. The summed E-state index contributed by atoms with van der Waals surface area (Å²) in [5.74, 6) is -0.356. The van der Waals surface area contributed by atoms with Crippen LogP contribution in [-0.4, -0.2) is 55.5 Å². The molecule has 1 aliphatic heterocycles. The van der Waals surface area contributed by atoms with Crippen molar-refractivity contribution in [3.05, 3.63) is 71.3 Å². The summed E-state index contributed by atoms with van der Waals surface area (Å²) < 4.78 is 5.66. The number of ether oxygens (including phenoxy) is 1. The van der Waals surface area contributed by atoms with E-state index in [0.29, 0.717) is 6.54 Å². The van der Waals surface area contributed by atoms with Crippen molar-refractivity contribution >= 4 is 11.8 Å². The first-order valence-electron chi connectivity index (χ1n) is 9.38. The van der Waals surface area contributed by atoms with Gasteiger partial charge in [0.1, 0.15) is 6.61 Å². The Morgan fingerprint density at radius 3 is 2.25 bits per heavy atom. The van der Waals surface area contributed by atoms with Gasteiger partial charge >= 0.3 is 0 Å². The summed E-state index contributed by atoms with van der Waals surface area (Å²) in [4.78, 5) is 28.8. The number of hydrogen-bond acceptors (Lipinski definition) is 4. The van der Waals surface area contributed by atoms with E-state index in [2.05, 4.69) is 16.3 Å². The first-order chi connectivity index (χ1) is 13.5. The third-order valence-corrected chi connectivity index (χ3v) is 4.80. The van der Waals surface area contributed by atoms with Gasteiger partial charge in [-0.1, -0.05) is 54.6 Å². The molecule has 2 atom stereocenters. The van der Waals surface area contributed by atoms with Crippen LogP contribution in [0.15, 0.2) is 54.6 Å². The summed E-state index contributed by atoms with van der Waals surface area (Å²) in [6, 6.07) is 17.1. The summed E-state index contributed by atoms with van der Waals surface area (Å²) in [6.07, 6.45) is -0.744. The fourth-order valence-electron chi connectivity index (χ4n) is 3.44. The molecule has 1 N–H and O–H groups in total. The van der Waals surface area contributed by atoms with Crippen LogP contribution in [-0.2, 0) is 27.4 Å². The Labute approximate surface area is 166 Å². The van der Waals surface area contributed by atoms with Crippen molar-refractivity contribution in [1.29, 1.82) is 0 Å². The maximum atomic E-state index is 13.2. The number of rotatable bonds is 6. The zero-order chi connectivity index (χ0) is 20.1. The third kappa shape index (κ3) is 4.77. The van der Waals surface area contributed by atoms with Gasteiger partial charge < -0.3 is 19.9 Å². The fourth-order valence-corrected chi connectivity index (χ4v) is 3.44. The van der Waals surface area contributed by atoms with Gasteiger partial charge in [0.05, 0.1) is 6.04 Å². The van der Waals surface area contributed by atoms with Gasteiger partial charge in [-0.3, -0.25) is 9.59 Å². The summed E-state index contributed by atoms with van der Waals surface area (Å²) in [6.45, 7) is 1.18. The first kappa shape index (κ1) is 20.0. The lowest BCUT2D eigenvalue weighted by atomic mass is 9.98. The van der Waals surface area contributed by atoms with Crippen LogP contribution in [0.5, 0.6) is 0 Å². The van der Waals surface area contributed by atoms with E-state index < -0.39 is 12.1 Å². The summed E-state index contributed by atoms with van der Waals surface area (Å²) in [5.41, 5.74) is 3.14. The number of nitrogens with zero attached hydrogens (tertiary/aromatic N) is 2. The number of morpholine rings is 1. The Morgan fingerprint density at radius 2 is 1.61 bits per heavy atom. The van der Waals surface area contributed by atoms with E-state index >= 15 is 0 Å². The molecule has 1 fully saturated rings. The van der Waals surface area contributed by atoms with E-state index in [9.17, 15) is 9.59 Å². The Hall–Kier alpha value is -2.70. The molecule has 2 aromatic carbocycles. The highest BCUT2D eigenvalue weighted by Crippen LogP contribution is 2.24. The minimum atomic E-state index is -0.744. The van der Waals surface area contributed by atoms with Crippen molar-refractivity contribution in [1.82, 2.24) is 15.1 Å². The molecule has 2 amide bonds. The van der Waals surface area contributed by atoms with Gasteiger partial charge in [-0.05, 0) is 30.8 Å². The molecule has 0 unspecified atom stereocenters. The topological polar surface area (TPSA) is 61.9 Å². The molecule has 6 nitrogen and oxygen atoms in total. The SMILES string of the molecule is CN(C)Cc1ccccc1CN(C)C(=O)[C@H]1OCC(=O)N[C@@H]1c1ccccc1. The van der Waals surface area contributed by atoms with Gasteiger partial charge in [-0.15, -0.1) is 0 Å². The highest BCUT2D eigenvalue weighted by atomic mass is 16.5. The predicted molar refractivity (Wildman–Crippen MR) is 107 cm³/mol. The fraction of sp³-hybridized carbons (Fsp3) is 0.364. The van der Waals surface area contributed by atoms with Crippen LogP contribution in [0.3, 0.4) is 0 Å². The maximum absolute atomic E-state index is 13.2. The van der Waals surface area contributed by atoms with Gasteiger partial charge in [0.2, 0.25) is 5.91 Å². The van der Waals surface area contributed by atoms with Gasteiger partial charge in [0.15, 0.2) is 6.10 Å². The second-order valence-corrected chi connectivity index (χ2v) is 7.39. The molecule has 3 rings (SSSR count). The van der Waals surface area contributed by atoms with Crippen LogP contribution in [0.4, 0.5) is 0 Å². The number of carbonyl (C=O) groups excluding carboxylic acids is 2. The van der Waals surface area contributed by atoms with Crippen LogP contribution < -0.4 is 5.32 Å². The average molecular weight is 381 g/mol. The minimum Gasteiger partial charge on any atom is -0.356 e. The molecule has 1 heterocycles. The molecule has 0 aliphatic carbocycles. The number of likely N-dealkylation sites (N-methyl/N-ethyl adjacent to an activating group) is 1. The molecule has 1 saturated heterocycles. The van der Waals surface area contributed by atoms with Crippen LogP contribution in [0.25, 0.3) is 0 Å². The average Bonchev–Trinajstić information content (AvgIpc) is 2.69. The number of nitrogens with one attached hydrogen (secondary N) is 1. The molecule has 0 spiro atoms. The highest BCUT2D eigenvalue weighted by molar-refractivity contribution is 5.86. The van der Waals surface area contributed by atoms with Gasteiger partial charge in [-0.25, -0.2) is 0 Å². The Balaban J connectivity index is 1.77. The van der Waals surface area contributed by atoms with Crippen molar-refractivity contribution < 1.29 is 14.3 Å². The van der Waals surface area contributed by atoms with Gasteiger partial charge in [0.25, 0.3) is 5.91 Å². The zero-order valence-electron chi connectivity index (χ0n) is 16.6. The maximum Gasteiger partial charge on any atom is 0.254 e. The van der Waals surface area contributed by atoms with Crippen molar-refractivity contribution in [3.8, 4) is 0 Å². The summed E-state index contributed by atoms with van der Waals surface area (Å²) in [5, 5.41) is 2.90. The van der Waals surface area contributed by atoms with Crippen LogP contribution >= 0.6 is 0 Å². The molecule has 0 saturated carbocycles. The smallest absolute Gasteiger partial charge is 0.254 e. The summed E-state index contributed by atoms with van der Waals surface area (Å²) >= 11 is 0. The zero-order valence-corrected chi connectivity index (χ0v) is 16.6. The molecule has 6 heteroatoms. The molecule has 0 radical (unpaired) electrons. The van der Waals surface area contributed by atoms with Crippen LogP contribution in [0.2, 0.25) is 0 Å². The van der Waals surface area contributed by atoms with Gasteiger partial charge in [0, 0.05) is 20.1 Å². The lowest BCUT2D eigenvalue weighted by Crippen LogP contribution is -2.52.